The second-order valence-corrected chi connectivity index (χ2v) is 8.97. The van der Waals surface area contributed by atoms with Gasteiger partial charge in [0.25, 0.3) is 0 Å². The molecule has 2 amide bonds. The van der Waals surface area contributed by atoms with E-state index in [9.17, 15) is 4.79 Å². The minimum Gasteiger partial charge on any atom is -0.324 e. The van der Waals surface area contributed by atoms with Crippen LogP contribution in [0.25, 0.3) is 5.57 Å². The summed E-state index contributed by atoms with van der Waals surface area (Å²) in [6.45, 7) is 1.31. The number of hydrogen-bond acceptors (Lipinski definition) is 3. The highest BCUT2D eigenvalue weighted by molar-refractivity contribution is 6.31. The Morgan fingerprint density at radius 3 is 2.41 bits per heavy atom. The van der Waals surface area contributed by atoms with Crippen LogP contribution in [0.5, 0.6) is 0 Å². The molecular weight excluding hydrogens is 443 g/mol. The molecule has 1 aliphatic carbocycles. The van der Waals surface area contributed by atoms with Crippen LogP contribution in [0.15, 0.2) is 60.6 Å². The maximum Gasteiger partial charge on any atom is 0.321 e. The van der Waals surface area contributed by atoms with Gasteiger partial charge >= 0.3 is 6.03 Å². The Labute approximate surface area is 197 Å². The number of aryl methyl sites for hydroxylation is 2. The van der Waals surface area contributed by atoms with E-state index in [4.69, 9.17) is 28.2 Å². The number of carbonyl (C=O) groups is 1. The second kappa shape index (κ2) is 8.93. The minimum atomic E-state index is -0.0846. The summed E-state index contributed by atoms with van der Waals surface area (Å²) in [5.41, 5.74) is 7.82. The van der Waals surface area contributed by atoms with Crippen LogP contribution in [-0.2, 0) is 12.8 Å². The summed E-state index contributed by atoms with van der Waals surface area (Å²) >= 11 is 12.6. The lowest BCUT2D eigenvalue weighted by molar-refractivity contribution is 0.207. The number of nitrogens with zero attached hydrogens (tertiary/aromatic N) is 3. The van der Waals surface area contributed by atoms with E-state index in [0.29, 0.717) is 18.1 Å². The van der Waals surface area contributed by atoms with E-state index in [2.05, 4.69) is 22.4 Å². The highest BCUT2D eigenvalue weighted by Crippen LogP contribution is 2.39. The third-order valence-electron chi connectivity index (χ3n) is 6.11. The summed E-state index contributed by atoms with van der Waals surface area (Å²) in [5, 5.41) is 4.34. The van der Waals surface area contributed by atoms with Crippen molar-refractivity contribution in [1.29, 1.82) is 0 Å². The molecule has 2 aliphatic rings. The number of halogens is 2. The Balaban J connectivity index is 1.46. The van der Waals surface area contributed by atoms with Gasteiger partial charge in [-0.1, -0.05) is 34.8 Å². The van der Waals surface area contributed by atoms with Crippen molar-refractivity contribution >= 4 is 40.5 Å². The molecule has 5 rings (SSSR count). The SMILES string of the molecule is O=C(Nc1ccncc1)N1CCC(=C2c3ccc(Cl)cc3CCc3cc(Cl)cnc32)CC1. The molecule has 5 nitrogen and oxygen atoms in total. The lowest BCUT2D eigenvalue weighted by atomic mass is 9.88. The number of anilines is 1. The molecule has 1 aromatic carbocycles. The summed E-state index contributed by atoms with van der Waals surface area (Å²) in [7, 11) is 0. The molecular formula is C25H22Cl2N4O. The number of carbonyl (C=O) groups excluding carboxylic acids is 1. The maximum atomic E-state index is 12.7. The van der Waals surface area contributed by atoms with Crippen molar-refractivity contribution in [3.8, 4) is 0 Å². The van der Waals surface area contributed by atoms with Crippen LogP contribution in [0.3, 0.4) is 0 Å². The zero-order valence-corrected chi connectivity index (χ0v) is 19.0. The molecule has 0 radical (unpaired) electrons. The molecule has 0 spiro atoms. The molecule has 1 saturated heterocycles. The molecule has 2 aromatic heterocycles. The molecule has 0 atom stereocenters. The Morgan fingerprint density at radius 1 is 0.906 bits per heavy atom. The smallest absolute Gasteiger partial charge is 0.321 e. The summed E-state index contributed by atoms with van der Waals surface area (Å²) in [4.78, 5) is 23.3. The molecule has 1 N–H and O–H groups in total. The van der Waals surface area contributed by atoms with Crippen LogP contribution in [0, 0.1) is 0 Å². The van der Waals surface area contributed by atoms with Gasteiger partial charge in [0.1, 0.15) is 0 Å². The zero-order valence-electron chi connectivity index (χ0n) is 17.4. The van der Waals surface area contributed by atoms with Crippen molar-refractivity contribution < 1.29 is 4.79 Å². The van der Waals surface area contributed by atoms with Crippen molar-refractivity contribution in [2.24, 2.45) is 0 Å². The fourth-order valence-electron chi connectivity index (χ4n) is 4.53. The fourth-order valence-corrected chi connectivity index (χ4v) is 4.91. The first-order valence-electron chi connectivity index (χ1n) is 10.7. The number of benzene rings is 1. The van der Waals surface area contributed by atoms with Crippen LogP contribution in [0.4, 0.5) is 10.5 Å². The van der Waals surface area contributed by atoms with E-state index in [-0.39, 0.29) is 6.03 Å². The number of aromatic nitrogens is 2. The van der Waals surface area contributed by atoms with Crippen LogP contribution >= 0.6 is 23.2 Å². The van der Waals surface area contributed by atoms with E-state index < -0.39 is 0 Å². The zero-order chi connectivity index (χ0) is 22.1. The van der Waals surface area contributed by atoms with Gasteiger partial charge in [-0.15, -0.1) is 0 Å². The van der Waals surface area contributed by atoms with Crippen molar-refractivity contribution in [2.75, 3.05) is 18.4 Å². The number of piperidine rings is 1. The molecule has 1 fully saturated rings. The number of hydrogen-bond donors (Lipinski definition) is 1. The van der Waals surface area contributed by atoms with Gasteiger partial charge in [-0.3, -0.25) is 9.97 Å². The highest BCUT2D eigenvalue weighted by atomic mass is 35.5. The first kappa shape index (κ1) is 21.0. The summed E-state index contributed by atoms with van der Waals surface area (Å²) < 4.78 is 0. The molecule has 1 aliphatic heterocycles. The van der Waals surface area contributed by atoms with Gasteiger partial charge in [-0.05, 0) is 72.7 Å². The molecule has 3 heterocycles. The number of fused-ring (bicyclic) bond motifs is 2. The van der Waals surface area contributed by atoms with E-state index >= 15 is 0 Å². The Morgan fingerprint density at radius 2 is 1.62 bits per heavy atom. The maximum absolute atomic E-state index is 12.7. The number of pyridine rings is 2. The van der Waals surface area contributed by atoms with E-state index in [1.165, 1.54) is 22.3 Å². The van der Waals surface area contributed by atoms with Crippen molar-refractivity contribution in [2.45, 2.75) is 25.7 Å². The van der Waals surface area contributed by atoms with Crippen LogP contribution in [-0.4, -0.2) is 34.0 Å². The van der Waals surface area contributed by atoms with Crippen LogP contribution < -0.4 is 5.32 Å². The molecule has 3 aromatic rings. The minimum absolute atomic E-state index is 0.0846. The molecule has 32 heavy (non-hydrogen) atoms. The average Bonchev–Trinajstić information content (AvgIpc) is 2.96. The van der Waals surface area contributed by atoms with Gasteiger partial charge < -0.3 is 10.2 Å². The number of rotatable bonds is 1. The van der Waals surface area contributed by atoms with Gasteiger partial charge in [0.15, 0.2) is 0 Å². The molecule has 0 saturated carbocycles. The monoisotopic (exact) mass is 464 g/mol. The largest absolute Gasteiger partial charge is 0.324 e. The quantitative estimate of drug-likeness (QED) is 0.479. The first-order valence-corrected chi connectivity index (χ1v) is 11.5. The molecule has 0 bridgehead atoms. The number of nitrogens with one attached hydrogen (secondary N) is 1. The predicted molar refractivity (Wildman–Crippen MR) is 128 cm³/mol. The van der Waals surface area contributed by atoms with Gasteiger partial charge in [-0.25, -0.2) is 4.79 Å². The third-order valence-corrected chi connectivity index (χ3v) is 6.55. The van der Waals surface area contributed by atoms with Crippen LogP contribution in [0.2, 0.25) is 10.0 Å². The summed E-state index contributed by atoms with van der Waals surface area (Å²) in [5.74, 6) is 0. The van der Waals surface area contributed by atoms with Crippen molar-refractivity contribution in [1.82, 2.24) is 14.9 Å². The normalized spacial score (nSPS) is 15.6. The first-order chi connectivity index (χ1) is 15.6. The van der Waals surface area contributed by atoms with Crippen molar-refractivity contribution in [3.63, 3.8) is 0 Å². The third kappa shape index (κ3) is 4.23. The number of amides is 2. The van der Waals surface area contributed by atoms with Gasteiger partial charge in [0.05, 0.1) is 10.7 Å². The van der Waals surface area contributed by atoms with E-state index in [0.717, 1.165) is 47.7 Å². The highest BCUT2D eigenvalue weighted by Gasteiger charge is 2.27. The topological polar surface area (TPSA) is 58.1 Å². The van der Waals surface area contributed by atoms with Gasteiger partial charge in [-0.2, -0.15) is 0 Å². The lowest BCUT2D eigenvalue weighted by Crippen LogP contribution is -2.39. The summed E-state index contributed by atoms with van der Waals surface area (Å²) in [6, 6.07) is 11.6. The Kier molecular flexibility index (Phi) is 5.85. The second-order valence-electron chi connectivity index (χ2n) is 8.09. The Hall–Kier alpha value is -2.89. The van der Waals surface area contributed by atoms with E-state index in [1.54, 1.807) is 30.7 Å². The number of urea groups is 1. The average molecular weight is 465 g/mol. The van der Waals surface area contributed by atoms with Crippen molar-refractivity contribution in [3.05, 3.63) is 93.0 Å². The van der Waals surface area contributed by atoms with E-state index in [1.807, 2.05) is 17.0 Å². The lowest BCUT2D eigenvalue weighted by Gasteiger charge is -2.30. The predicted octanol–water partition coefficient (Wildman–Crippen LogP) is 6.01. The van der Waals surface area contributed by atoms with Gasteiger partial charge in [0, 0.05) is 48.0 Å². The summed E-state index contributed by atoms with van der Waals surface area (Å²) in [6.07, 6.45) is 8.41. The molecule has 162 valence electrons. The fraction of sp³-hybridized carbons (Fsp3) is 0.240. The van der Waals surface area contributed by atoms with Gasteiger partial charge in [0.2, 0.25) is 0 Å². The van der Waals surface area contributed by atoms with Crippen LogP contribution in [0.1, 0.15) is 35.2 Å². The standard InChI is InChI=1S/C25H22Cl2N4O/c26-19-3-4-22-17(13-19)1-2-18-14-20(27)15-29-24(18)23(22)16-7-11-31(12-8-16)25(32)30-21-5-9-28-10-6-21/h3-6,9-10,13-15H,1-2,7-8,11-12H2,(H,28,30,32). The Bertz CT molecular complexity index is 1140. The molecule has 0 unspecified atom stereocenters. The number of likely N-dealkylation sites (tertiary alicyclic amines) is 1. The molecule has 7 heteroatoms.